The number of rotatable bonds is 7. The molecular weight excluding hydrogens is 126 g/mol. The molecule has 2 nitrogen and oxygen atoms in total. The fourth-order valence-corrected chi connectivity index (χ4v) is 0.579. The smallest absolute Gasteiger partial charge is 0.0711 e. The summed E-state index contributed by atoms with van der Waals surface area (Å²) in [6, 6.07) is 0. The quantitative estimate of drug-likeness (QED) is 0.434. The van der Waals surface area contributed by atoms with Gasteiger partial charge in [-0.15, -0.1) is 6.58 Å². The second-order valence-corrected chi connectivity index (χ2v) is 2.08. The molecule has 0 atom stereocenters. The third kappa shape index (κ3) is 7.66. The Morgan fingerprint density at radius 1 is 1.50 bits per heavy atom. The maximum absolute atomic E-state index is 5.00. The normalized spacial score (nSPS) is 9.70. The van der Waals surface area contributed by atoms with Crippen LogP contribution in [0.2, 0.25) is 0 Å². The lowest BCUT2D eigenvalue weighted by atomic mass is 10.3. The average Bonchev–Trinajstić information content (AvgIpc) is 1.97. The van der Waals surface area contributed by atoms with Crippen molar-refractivity contribution in [2.45, 2.75) is 26.2 Å². The highest BCUT2D eigenvalue weighted by Gasteiger charge is 1.84. The first-order valence-corrected chi connectivity index (χ1v) is 3.73. The Morgan fingerprint density at radius 2 is 2.30 bits per heavy atom. The molecule has 0 fully saturated rings. The van der Waals surface area contributed by atoms with Gasteiger partial charge in [0.25, 0.3) is 0 Å². The number of unbranched alkanes of at least 4 members (excludes halogenated alkanes) is 2. The predicted molar refractivity (Wildman–Crippen MR) is 43.1 cm³/mol. The number of nitrogens with one attached hydrogen (secondary N) is 1. The maximum Gasteiger partial charge on any atom is 0.0711 e. The molecule has 0 aliphatic rings. The fourth-order valence-electron chi connectivity index (χ4n) is 0.579. The minimum absolute atomic E-state index is 0.776. The molecule has 0 amide bonds. The highest BCUT2D eigenvalue weighted by atomic mass is 16.6. The Morgan fingerprint density at radius 3 is 2.90 bits per heavy atom. The topological polar surface area (TPSA) is 21.3 Å². The van der Waals surface area contributed by atoms with Gasteiger partial charge in [-0.3, -0.25) is 0 Å². The van der Waals surface area contributed by atoms with Gasteiger partial charge in [0.05, 0.1) is 13.2 Å². The highest BCUT2D eigenvalue weighted by molar-refractivity contribution is 4.80. The first kappa shape index (κ1) is 9.66. The largest absolute Gasteiger partial charge is 0.301 e. The Balaban J connectivity index is 2.70. The molecule has 0 saturated heterocycles. The van der Waals surface area contributed by atoms with Crippen molar-refractivity contribution in [2.75, 3.05) is 6.61 Å². The molecule has 0 saturated carbocycles. The van der Waals surface area contributed by atoms with E-state index in [1.807, 2.05) is 0 Å². The van der Waals surface area contributed by atoms with Gasteiger partial charge in [0, 0.05) is 0 Å². The standard InChI is InChI=1S/C8H16NO/c1-3-5-6-8-10-9-7-4-2/h4,7,9H,2-3,5-6,8H2,1H3. The van der Waals surface area contributed by atoms with Crippen molar-refractivity contribution >= 4 is 0 Å². The molecule has 0 aromatic carbocycles. The van der Waals surface area contributed by atoms with Crippen molar-refractivity contribution in [3.05, 3.63) is 19.2 Å². The SMILES string of the molecule is C=C[CH]NOCCCCC. The Hall–Kier alpha value is -0.340. The van der Waals surface area contributed by atoms with E-state index < -0.39 is 0 Å². The van der Waals surface area contributed by atoms with E-state index in [0.717, 1.165) is 13.0 Å². The summed E-state index contributed by atoms with van der Waals surface area (Å²) in [5.74, 6) is 0. The molecule has 10 heavy (non-hydrogen) atoms. The minimum atomic E-state index is 0.776. The monoisotopic (exact) mass is 142 g/mol. The second kappa shape index (κ2) is 8.66. The van der Waals surface area contributed by atoms with Crippen LogP contribution in [0.4, 0.5) is 0 Å². The molecule has 0 rings (SSSR count). The lowest BCUT2D eigenvalue weighted by Gasteiger charge is -2.00. The summed E-state index contributed by atoms with van der Waals surface area (Å²) in [7, 11) is 0. The van der Waals surface area contributed by atoms with E-state index >= 15 is 0 Å². The zero-order valence-corrected chi connectivity index (χ0v) is 6.60. The van der Waals surface area contributed by atoms with E-state index in [1.54, 1.807) is 12.6 Å². The van der Waals surface area contributed by atoms with Crippen molar-refractivity contribution in [3.8, 4) is 0 Å². The summed E-state index contributed by atoms with van der Waals surface area (Å²) < 4.78 is 0. The van der Waals surface area contributed by atoms with Crippen LogP contribution in [0.3, 0.4) is 0 Å². The zero-order chi connectivity index (χ0) is 7.66. The van der Waals surface area contributed by atoms with Gasteiger partial charge in [0.1, 0.15) is 0 Å². The third-order valence-electron chi connectivity index (χ3n) is 1.12. The van der Waals surface area contributed by atoms with Crippen LogP contribution in [0.15, 0.2) is 12.7 Å². The Labute approximate surface area is 63.2 Å². The van der Waals surface area contributed by atoms with E-state index in [9.17, 15) is 0 Å². The summed E-state index contributed by atoms with van der Waals surface area (Å²) >= 11 is 0. The number of hydroxylamine groups is 1. The van der Waals surface area contributed by atoms with E-state index in [-0.39, 0.29) is 0 Å². The Kier molecular flexibility index (Phi) is 8.37. The van der Waals surface area contributed by atoms with E-state index in [2.05, 4.69) is 19.0 Å². The van der Waals surface area contributed by atoms with Crippen LogP contribution in [0.1, 0.15) is 26.2 Å². The molecule has 0 aliphatic carbocycles. The summed E-state index contributed by atoms with van der Waals surface area (Å²) in [5, 5.41) is 0. The van der Waals surface area contributed by atoms with Gasteiger partial charge in [-0.2, -0.15) is 5.48 Å². The van der Waals surface area contributed by atoms with Gasteiger partial charge in [0.2, 0.25) is 0 Å². The van der Waals surface area contributed by atoms with Gasteiger partial charge >= 0.3 is 0 Å². The van der Waals surface area contributed by atoms with Crippen molar-refractivity contribution in [1.82, 2.24) is 5.48 Å². The molecule has 2 heteroatoms. The zero-order valence-electron chi connectivity index (χ0n) is 6.60. The van der Waals surface area contributed by atoms with Crippen LogP contribution >= 0.6 is 0 Å². The molecule has 0 aromatic rings. The third-order valence-corrected chi connectivity index (χ3v) is 1.12. The number of hydrogen-bond donors (Lipinski definition) is 1. The summed E-state index contributed by atoms with van der Waals surface area (Å²) in [4.78, 5) is 5.00. The molecule has 0 spiro atoms. The van der Waals surface area contributed by atoms with Gasteiger partial charge in [-0.25, -0.2) is 0 Å². The first-order valence-electron chi connectivity index (χ1n) is 3.73. The molecule has 0 aliphatic heterocycles. The van der Waals surface area contributed by atoms with Crippen LogP contribution in [-0.4, -0.2) is 6.61 Å². The van der Waals surface area contributed by atoms with Crippen LogP contribution < -0.4 is 5.48 Å². The molecular formula is C8H16NO. The van der Waals surface area contributed by atoms with Gasteiger partial charge < -0.3 is 4.84 Å². The number of hydrogen-bond acceptors (Lipinski definition) is 2. The molecule has 59 valence electrons. The first-order chi connectivity index (χ1) is 4.91. The fraction of sp³-hybridized carbons (Fsp3) is 0.625. The minimum Gasteiger partial charge on any atom is -0.301 e. The van der Waals surface area contributed by atoms with Crippen molar-refractivity contribution in [1.29, 1.82) is 0 Å². The van der Waals surface area contributed by atoms with Crippen molar-refractivity contribution < 1.29 is 4.84 Å². The summed E-state index contributed by atoms with van der Waals surface area (Å²) in [5.41, 5.74) is 2.65. The predicted octanol–water partition coefficient (Wildman–Crippen LogP) is 2.05. The van der Waals surface area contributed by atoms with Crippen LogP contribution in [0.5, 0.6) is 0 Å². The lowest BCUT2D eigenvalue weighted by Crippen LogP contribution is -2.10. The van der Waals surface area contributed by atoms with Crippen molar-refractivity contribution in [2.24, 2.45) is 0 Å². The molecule has 0 aromatic heterocycles. The molecule has 0 bridgehead atoms. The maximum atomic E-state index is 5.00. The van der Waals surface area contributed by atoms with Gasteiger partial charge in [0.15, 0.2) is 0 Å². The van der Waals surface area contributed by atoms with E-state index in [0.29, 0.717) is 0 Å². The lowest BCUT2D eigenvalue weighted by molar-refractivity contribution is 0.0600. The van der Waals surface area contributed by atoms with Crippen molar-refractivity contribution in [3.63, 3.8) is 0 Å². The van der Waals surface area contributed by atoms with Crippen LogP contribution in [0, 0.1) is 6.54 Å². The van der Waals surface area contributed by atoms with Gasteiger partial charge in [-0.05, 0) is 6.42 Å². The molecule has 0 heterocycles. The van der Waals surface area contributed by atoms with Crippen LogP contribution in [0.25, 0.3) is 0 Å². The summed E-state index contributed by atoms with van der Waals surface area (Å²) in [6.45, 7) is 8.12. The summed E-state index contributed by atoms with van der Waals surface area (Å²) in [6.07, 6.45) is 5.23. The second-order valence-electron chi connectivity index (χ2n) is 2.08. The van der Waals surface area contributed by atoms with E-state index in [1.165, 1.54) is 12.8 Å². The van der Waals surface area contributed by atoms with E-state index in [4.69, 9.17) is 4.84 Å². The Bertz CT molecular complexity index is 73.7. The highest BCUT2D eigenvalue weighted by Crippen LogP contribution is 1.92. The molecule has 0 unspecified atom stereocenters. The molecule has 1 N–H and O–H groups in total. The average molecular weight is 142 g/mol. The van der Waals surface area contributed by atoms with Crippen LogP contribution in [-0.2, 0) is 4.84 Å². The molecule has 1 radical (unpaired) electrons. The van der Waals surface area contributed by atoms with Gasteiger partial charge in [-0.1, -0.05) is 25.8 Å².